The van der Waals surface area contributed by atoms with E-state index in [9.17, 15) is 9.18 Å². The van der Waals surface area contributed by atoms with E-state index >= 15 is 0 Å². The predicted octanol–water partition coefficient (Wildman–Crippen LogP) is 5.11. The first-order valence-electron chi connectivity index (χ1n) is 11.4. The summed E-state index contributed by atoms with van der Waals surface area (Å²) < 4.78 is 24.6. The topological polar surface area (TPSA) is 76.6 Å². The van der Waals surface area contributed by atoms with Crippen molar-refractivity contribution in [2.24, 2.45) is 0 Å². The molecule has 2 aromatic heterocycles. The fourth-order valence-corrected chi connectivity index (χ4v) is 4.31. The summed E-state index contributed by atoms with van der Waals surface area (Å²) in [4.78, 5) is 23.8. The zero-order chi connectivity index (χ0) is 24.4. The molecule has 5 rings (SSSR count). The number of morpholine rings is 1. The number of benzene rings is 2. The summed E-state index contributed by atoms with van der Waals surface area (Å²) >= 11 is 0. The number of halogens is 1. The third-order valence-electron chi connectivity index (χ3n) is 6.08. The first-order valence-corrected chi connectivity index (χ1v) is 11.4. The molecule has 4 aromatic rings. The van der Waals surface area contributed by atoms with Crippen LogP contribution >= 0.6 is 0 Å². The van der Waals surface area contributed by atoms with Gasteiger partial charge in [-0.25, -0.2) is 14.2 Å². The maximum atomic E-state index is 14.1. The number of aromatic nitrogens is 2. The number of pyridine rings is 2. The molecule has 3 heterocycles. The summed E-state index contributed by atoms with van der Waals surface area (Å²) in [5.41, 5.74) is 5.53. The van der Waals surface area contributed by atoms with Gasteiger partial charge in [-0.3, -0.25) is 4.98 Å². The van der Waals surface area contributed by atoms with Crippen molar-refractivity contribution in [1.29, 1.82) is 0 Å². The molecular formula is C27H25FN4O3. The Hall–Kier alpha value is -4.04. The van der Waals surface area contributed by atoms with Gasteiger partial charge in [-0.15, -0.1) is 0 Å². The van der Waals surface area contributed by atoms with Crippen LogP contribution in [0.5, 0.6) is 0 Å². The van der Waals surface area contributed by atoms with E-state index < -0.39 is 5.97 Å². The van der Waals surface area contributed by atoms with Crippen LogP contribution in [0.25, 0.3) is 22.3 Å². The van der Waals surface area contributed by atoms with E-state index in [-0.39, 0.29) is 5.82 Å². The quantitative estimate of drug-likeness (QED) is 0.405. The second kappa shape index (κ2) is 9.68. The van der Waals surface area contributed by atoms with Crippen LogP contribution in [0.1, 0.15) is 15.9 Å². The predicted molar refractivity (Wildman–Crippen MR) is 134 cm³/mol. The molecule has 0 saturated carbocycles. The molecule has 178 valence electrons. The van der Waals surface area contributed by atoms with Crippen molar-refractivity contribution in [3.63, 3.8) is 0 Å². The first kappa shape index (κ1) is 22.7. The van der Waals surface area contributed by atoms with Gasteiger partial charge in [0.15, 0.2) is 0 Å². The number of anilines is 3. The fraction of sp³-hybridized carbons (Fsp3) is 0.222. The number of hydrogen-bond acceptors (Lipinski definition) is 7. The van der Waals surface area contributed by atoms with Gasteiger partial charge in [0.25, 0.3) is 0 Å². The van der Waals surface area contributed by atoms with Gasteiger partial charge in [0.1, 0.15) is 5.82 Å². The first-order chi connectivity index (χ1) is 17.0. The number of methoxy groups -OCH3 is 1. The molecule has 8 heteroatoms. The van der Waals surface area contributed by atoms with Crippen LogP contribution in [0.4, 0.5) is 21.5 Å². The van der Waals surface area contributed by atoms with Gasteiger partial charge in [-0.05, 0) is 49.4 Å². The molecule has 7 nitrogen and oxygen atoms in total. The Bertz CT molecular complexity index is 1390. The summed E-state index contributed by atoms with van der Waals surface area (Å²) in [5, 5.41) is 4.25. The molecule has 0 amide bonds. The number of fused-ring (bicyclic) bond motifs is 1. The maximum absolute atomic E-state index is 14.1. The molecular weight excluding hydrogens is 447 g/mol. The number of hydrogen-bond donors (Lipinski definition) is 1. The van der Waals surface area contributed by atoms with Gasteiger partial charge in [-0.1, -0.05) is 6.07 Å². The summed E-state index contributed by atoms with van der Waals surface area (Å²) in [5.74, 6) is -0.787. The third-order valence-corrected chi connectivity index (χ3v) is 6.08. The SMILES string of the molecule is COC(=O)c1cc(Nc2c(C)c(-c3ccccn3)nc3cc(F)ccc23)cc(N2CCOCC2)c1. The smallest absolute Gasteiger partial charge is 0.337 e. The highest BCUT2D eigenvalue weighted by molar-refractivity contribution is 5.99. The number of esters is 1. The van der Waals surface area contributed by atoms with Gasteiger partial charge in [0.2, 0.25) is 0 Å². The van der Waals surface area contributed by atoms with Crippen LogP contribution in [0.2, 0.25) is 0 Å². The Morgan fingerprint density at radius 2 is 1.94 bits per heavy atom. The van der Waals surface area contributed by atoms with Crippen LogP contribution in [0.3, 0.4) is 0 Å². The Morgan fingerprint density at radius 1 is 1.11 bits per heavy atom. The standard InChI is InChI=1S/C27H25FN4O3/c1-17-25(22-7-6-19(28)15-24(22)31-26(17)23-5-3-4-8-29-23)30-20-13-18(27(33)34-2)14-21(16-20)32-9-11-35-12-10-32/h3-8,13-16H,9-12H2,1-2H3,(H,30,31). The van der Waals surface area contributed by atoms with Crippen LogP contribution in [-0.4, -0.2) is 49.4 Å². The van der Waals surface area contributed by atoms with E-state index in [1.54, 1.807) is 18.3 Å². The molecule has 0 bridgehead atoms. The molecule has 1 aliphatic heterocycles. The lowest BCUT2D eigenvalue weighted by Gasteiger charge is -2.29. The molecule has 0 atom stereocenters. The Kier molecular flexibility index (Phi) is 6.29. The zero-order valence-electron chi connectivity index (χ0n) is 19.5. The van der Waals surface area contributed by atoms with E-state index in [2.05, 4.69) is 15.2 Å². The van der Waals surface area contributed by atoms with Gasteiger partial charge in [0, 0.05) is 47.7 Å². The Balaban J connectivity index is 1.65. The van der Waals surface area contributed by atoms with Crippen molar-refractivity contribution < 1.29 is 18.7 Å². The highest BCUT2D eigenvalue weighted by Crippen LogP contribution is 2.36. The van der Waals surface area contributed by atoms with Crippen LogP contribution < -0.4 is 10.2 Å². The lowest BCUT2D eigenvalue weighted by Crippen LogP contribution is -2.36. The van der Waals surface area contributed by atoms with Crippen molar-refractivity contribution >= 4 is 33.9 Å². The Morgan fingerprint density at radius 3 is 2.69 bits per heavy atom. The average Bonchev–Trinajstić information content (AvgIpc) is 2.90. The lowest BCUT2D eigenvalue weighted by atomic mass is 10.0. The number of carbonyl (C=O) groups is 1. The summed E-state index contributed by atoms with van der Waals surface area (Å²) in [6, 6.07) is 15.7. The maximum Gasteiger partial charge on any atom is 0.337 e. The van der Waals surface area contributed by atoms with E-state index in [1.165, 1.54) is 19.2 Å². The van der Waals surface area contributed by atoms with Crippen LogP contribution in [-0.2, 0) is 9.47 Å². The molecule has 0 unspecified atom stereocenters. The molecule has 2 aromatic carbocycles. The minimum atomic E-state index is -0.421. The average molecular weight is 473 g/mol. The van der Waals surface area contributed by atoms with E-state index in [1.807, 2.05) is 37.3 Å². The lowest BCUT2D eigenvalue weighted by molar-refractivity contribution is 0.0601. The second-order valence-electron chi connectivity index (χ2n) is 8.32. The Labute approximate surface area is 202 Å². The van der Waals surface area contributed by atoms with Gasteiger partial charge < -0.3 is 19.7 Å². The van der Waals surface area contributed by atoms with E-state index in [0.717, 1.165) is 35.4 Å². The van der Waals surface area contributed by atoms with Gasteiger partial charge >= 0.3 is 5.97 Å². The molecule has 1 fully saturated rings. The van der Waals surface area contributed by atoms with E-state index in [4.69, 9.17) is 14.5 Å². The molecule has 0 aliphatic carbocycles. The molecule has 1 aliphatic rings. The van der Waals surface area contributed by atoms with Crippen molar-refractivity contribution in [2.75, 3.05) is 43.6 Å². The van der Waals surface area contributed by atoms with E-state index in [0.29, 0.717) is 41.4 Å². The monoisotopic (exact) mass is 472 g/mol. The highest BCUT2D eigenvalue weighted by Gasteiger charge is 2.19. The number of rotatable bonds is 5. The van der Waals surface area contributed by atoms with Crippen molar-refractivity contribution in [3.05, 3.63) is 77.7 Å². The number of nitrogens with zero attached hydrogens (tertiary/aromatic N) is 3. The third kappa shape index (κ3) is 4.65. The zero-order valence-corrected chi connectivity index (χ0v) is 19.5. The summed E-state index contributed by atoms with van der Waals surface area (Å²) in [6.07, 6.45) is 1.70. The van der Waals surface area contributed by atoms with Crippen molar-refractivity contribution in [2.45, 2.75) is 6.92 Å². The van der Waals surface area contributed by atoms with Gasteiger partial charge in [-0.2, -0.15) is 0 Å². The molecule has 1 saturated heterocycles. The van der Waals surface area contributed by atoms with Crippen molar-refractivity contribution in [3.8, 4) is 11.4 Å². The molecule has 1 N–H and O–H groups in total. The second-order valence-corrected chi connectivity index (χ2v) is 8.32. The fourth-order valence-electron chi connectivity index (χ4n) is 4.31. The molecule has 0 spiro atoms. The number of nitrogens with one attached hydrogen (secondary N) is 1. The van der Waals surface area contributed by atoms with Crippen LogP contribution in [0.15, 0.2) is 60.8 Å². The van der Waals surface area contributed by atoms with Crippen molar-refractivity contribution in [1.82, 2.24) is 9.97 Å². The highest BCUT2D eigenvalue weighted by atomic mass is 19.1. The largest absolute Gasteiger partial charge is 0.465 e. The summed E-state index contributed by atoms with van der Waals surface area (Å²) in [6.45, 7) is 4.65. The molecule has 35 heavy (non-hydrogen) atoms. The number of carbonyl (C=O) groups excluding carboxylic acids is 1. The molecule has 0 radical (unpaired) electrons. The van der Waals surface area contributed by atoms with Gasteiger partial charge in [0.05, 0.1) is 48.5 Å². The van der Waals surface area contributed by atoms with Crippen LogP contribution in [0, 0.1) is 12.7 Å². The normalized spacial score (nSPS) is 13.6. The minimum Gasteiger partial charge on any atom is -0.465 e. The minimum absolute atomic E-state index is 0.367. The number of ether oxygens (including phenoxy) is 2. The summed E-state index contributed by atoms with van der Waals surface area (Å²) in [7, 11) is 1.37.